The van der Waals surface area contributed by atoms with Gasteiger partial charge in [-0.15, -0.1) is 5.10 Å². The zero-order chi connectivity index (χ0) is 34.2. The first-order valence-corrected chi connectivity index (χ1v) is 16.7. The molecule has 0 spiro atoms. The molecular formula is C31H52N4O13. The van der Waals surface area contributed by atoms with Gasteiger partial charge in [-0.3, -0.25) is 9.59 Å². The standard InChI is InChI=1S/C31H52N4O13/c36-29(37)5-9-41-13-17-45-20-16-44-12-8-35-28-4-2-25-24(1-3-27(28)33-34-35)26(25)23-48-31(40)32-7-11-43-15-19-47-22-21-46-18-14-42-10-6-30(38)39/h24-26H,1-23H2,(H,32,40)(H,36,37)(H,38,39)/t24-,25+,26-/m1/s1. The van der Waals surface area contributed by atoms with Crippen LogP contribution in [0.2, 0.25) is 0 Å². The number of amides is 1. The molecule has 0 unspecified atom stereocenters. The molecule has 1 heterocycles. The fourth-order valence-electron chi connectivity index (χ4n) is 5.47. The van der Waals surface area contributed by atoms with E-state index in [-0.39, 0.29) is 26.1 Å². The molecule has 0 bridgehead atoms. The van der Waals surface area contributed by atoms with Crippen LogP contribution in [0.3, 0.4) is 0 Å². The zero-order valence-electron chi connectivity index (χ0n) is 27.7. The SMILES string of the molecule is O=C(O)CCOCCOCCOCCOCCNC(=O)OC[C@@H]1[C@@H]2CCc3nnn(CCOCCOCCOCCC(=O)O)c3CC[C@@H]21. The number of aryl methyl sites for hydroxylation is 1. The molecule has 274 valence electrons. The number of nitrogens with one attached hydrogen (secondary N) is 1. The van der Waals surface area contributed by atoms with Crippen molar-refractivity contribution >= 4 is 18.0 Å². The van der Waals surface area contributed by atoms with E-state index in [1.54, 1.807) is 0 Å². The van der Waals surface area contributed by atoms with Crippen molar-refractivity contribution in [3.05, 3.63) is 11.4 Å². The molecule has 1 aromatic heterocycles. The summed E-state index contributed by atoms with van der Waals surface area (Å²) in [6.45, 7) is 6.55. The maximum Gasteiger partial charge on any atom is 0.407 e. The Labute approximate surface area is 280 Å². The van der Waals surface area contributed by atoms with Crippen molar-refractivity contribution in [1.29, 1.82) is 0 Å². The van der Waals surface area contributed by atoms with Gasteiger partial charge in [-0.2, -0.15) is 0 Å². The predicted molar refractivity (Wildman–Crippen MR) is 167 cm³/mol. The lowest BCUT2D eigenvalue weighted by atomic mass is 10.0. The number of alkyl carbamates (subject to hydrolysis) is 1. The maximum atomic E-state index is 12.2. The van der Waals surface area contributed by atoms with E-state index >= 15 is 0 Å². The molecule has 0 radical (unpaired) electrons. The second kappa shape index (κ2) is 24.2. The van der Waals surface area contributed by atoms with Crippen molar-refractivity contribution in [2.75, 3.05) is 106 Å². The van der Waals surface area contributed by atoms with Crippen molar-refractivity contribution < 1.29 is 62.5 Å². The number of carboxylic acids is 2. The van der Waals surface area contributed by atoms with Gasteiger partial charge >= 0.3 is 18.0 Å². The van der Waals surface area contributed by atoms with Gasteiger partial charge in [0.05, 0.1) is 130 Å². The minimum Gasteiger partial charge on any atom is -0.481 e. The minimum absolute atomic E-state index is 0.0137. The van der Waals surface area contributed by atoms with Gasteiger partial charge in [-0.1, -0.05) is 5.21 Å². The fourth-order valence-corrected chi connectivity index (χ4v) is 5.47. The lowest BCUT2D eigenvalue weighted by Crippen LogP contribution is -2.29. The van der Waals surface area contributed by atoms with Gasteiger partial charge in [0.25, 0.3) is 0 Å². The topological polar surface area (TPSA) is 208 Å². The van der Waals surface area contributed by atoms with Crippen molar-refractivity contribution in [3.8, 4) is 0 Å². The summed E-state index contributed by atoms with van der Waals surface area (Å²) in [6.07, 6.45) is 3.29. The van der Waals surface area contributed by atoms with Crippen molar-refractivity contribution in [3.63, 3.8) is 0 Å². The van der Waals surface area contributed by atoms with Gasteiger partial charge in [0.2, 0.25) is 0 Å². The van der Waals surface area contributed by atoms with Crippen LogP contribution < -0.4 is 5.32 Å². The molecule has 2 aliphatic carbocycles. The summed E-state index contributed by atoms with van der Waals surface area (Å²) in [7, 11) is 0. The van der Waals surface area contributed by atoms with Crippen molar-refractivity contribution in [2.24, 2.45) is 17.8 Å². The molecule has 1 saturated carbocycles. The molecule has 2 aliphatic rings. The molecule has 1 amide bonds. The monoisotopic (exact) mass is 688 g/mol. The van der Waals surface area contributed by atoms with E-state index in [0.717, 1.165) is 37.1 Å². The Morgan fingerprint density at radius 1 is 0.667 bits per heavy atom. The number of carboxylic acid groups (broad SMARTS) is 2. The molecular weight excluding hydrogens is 636 g/mol. The van der Waals surface area contributed by atoms with E-state index in [9.17, 15) is 14.4 Å². The number of aromatic nitrogens is 3. The second-order valence-electron chi connectivity index (χ2n) is 11.4. The van der Waals surface area contributed by atoms with Crippen LogP contribution in [0.1, 0.15) is 37.1 Å². The minimum atomic E-state index is -0.888. The number of rotatable bonds is 29. The fraction of sp³-hybridized carbons (Fsp3) is 0.839. The number of fused-ring (bicyclic) bond motifs is 2. The lowest BCUT2D eigenvalue weighted by Gasteiger charge is -2.11. The first kappa shape index (κ1) is 39.5. The number of carbonyl (C=O) groups excluding carboxylic acids is 1. The number of nitrogens with zero attached hydrogens (tertiary/aromatic N) is 3. The Bertz CT molecular complexity index is 1060. The van der Waals surface area contributed by atoms with Crippen LogP contribution >= 0.6 is 0 Å². The van der Waals surface area contributed by atoms with Crippen molar-refractivity contribution in [2.45, 2.75) is 45.1 Å². The van der Waals surface area contributed by atoms with Crippen molar-refractivity contribution in [1.82, 2.24) is 20.3 Å². The zero-order valence-corrected chi connectivity index (χ0v) is 27.7. The Kier molecular flexibility index (Phi) is 20.0. The molecule has 3 atom stereocenters. The first-order valence-electron chi connectivity index (χ1n) is 16.7. The predicted octanol–water partition coefficient (Wildman–Crippen LogP) is 0.811. The van der Waals surface area contributed by atoms with Crippen LogP contribution in [0.25, 0.3) is 0 Å². The quantitative estimate of drug-likeness (QED) is 0.0996. The van der Waals surface area contributed by atoms with Crippen LogP contribution in [0.4, 0.5) is 4.79 Å². The Morgan fingerprint density at radius 2 is 1.15 bits per heavy atom. The molecule has 0 aromatic carbocycles. The molecule has 17 nitrogen and oxygen atoms in total. The van der Waals surface area contributed by atoms with Crippen LogP contribution in [0.5, 0.6) is 0 Å². The summed E-state index contributed by atoms with van der Waals surface area (Å²) in [5, 5.41) is 28.6. The average Bonchev–Trinajstić information content (AvgIpc) is 3.57. The van der Waals surface area contributed by atoms with E-state index in [4.69, 9.17) is 48.1 Å². The van der Waals surface area contributed by atoms with E-state index in [1.807, 2.05) is 4.68 Å². The Hall–Kier alpha value is -2.93. The molecule has 0 aliphatic heterocycles. The molecule has 48 heavy (non-hydrogen) atoms. The van der Waals surface area contributed by atoms with Gasteiger partial charge in [0, 0.05) is 6.54 Å². The number of hydrogen-bond donors (Lipinski definition) is 3. The van der Waals surface area contributed by atoms with Gasteiger partial charge in [0.15, 0.2) is 0 Å². The summed E-state index contributed by atoms with van der Waals surface area (Å²) in [5.41, 5.74) is 2.20. The summed E-state index contributed by atoms with van der Waals surface area (Å²) in [5.74, 6) is -0.335. The van der Waals surface area contributed by atoms with Crippen LogP contribution in [0, 0.1) is 17.8 Å². The van der Waals surface area contributed by atoms with Gasteiger partial charge < -0.3 is 53.4 Å². The number of aliphatic carboxylic acids is 2. The van der Waals surface area contributed by atoms with Gasteiger partial charge in [-0.05, 0) is 43.4 Å². The first-order chi connectivity index (χ1) is 23.5. The third kappa shape index (κ3) is 16.9. The summed E-state index contributed by atoms with van der Waals surface area (Å²) >= 11 is 0. The largest absolute Gasteiger partial charge is 0.481 e. The van der Waals surface area contributed by atoms with E-state index in [0.29, 0.717) is 117 Å². The highest BCUT2D eigenvalue weighted by Crippen LogP contribution is 2.52. The number of ether oxygens (including phenoxy) is 8. The van der Waals surface area contributed by atoms with E-state index in [1.165, 1.54) is 0 Å². The molecule has 0 saturated heterocycles. The second-order valence-corrected chi connectivity index (χ2v) is 11.4. The average molecular weight is 689 g/mol. The Balaban J connectivity index is 1.13. The molecule has 3 N–H and O–H groups in total. The van der Waals surface area contributed by atoms with Crippen LogP contribution in [-0.2, 0) is 66.9 Å². The number of hydrogen-bond acceptors (Lipinski definition) is 13. The highest BCUT2D eigenvalue weighted by Gasteiger charge is 2.50. The van der Waals surface area contributed by atoms with Gasteiger partial charge in [-0.25, -0.2) is 9.48 Å². The van der Waals surface area contributed by atoms with Crippen LogP contribution in [0.15, 0.2) is 0 Å². The summed E-state index contributed by atoms with van der Waals surface area (Å²) in [4.78, 5) is 33.0. The molecule has 3 rings (SSSR count). The number of carbonyl (C=O) groups is 3. The highest BCUT2D eigenvalue weighted by molar-refractivity contribution is 5.67. The molecule has 1 fully saturated rings. The lowest BCUT2D eigenvalue weighted by molar-refractivity contribution is -0.139. The van der Waals surface area contributed by atoms with E-state index < -0.39 is 18.0 Å². The highest BCUT2D eigenvalue weighted by atomic mass is 16.6. The summed E-state index contributed by atoms with van der Waals surface area (Å²) < 4.78 is 45.1. The third-order valence-corrected chi connectivity index (χ3v) is 8.01. The van der Waals surface area contributed by atoms with E-state index in [2.05, 4.69) is 15.6 Å². The maximum absolute atomic E-state index is 12.2. The van der Waals surface area contributed by atoms with Crippen LogP contribution in [-0.4, -0.2) is 149 Å². The molecule has 17 heteroatoms. The Morgan fingerprint density at radius 3 is 1.69 bits per heavy atom. The third-order valence-electron chi connectivity index (χ3n) is 8.01. The summed E-state index contributed by atoms with van der Waals surface area (Å²) in [6, 6.07) is 0. The molecule has 1 aromatic rings. The smallest absolute Gasteiger partial charge is 0.407 e. The van der Waals surface area contributed by atoms with Gasteiger partial charge in [0.1, 0.15) is 0 Å². The normalized spacial score (nSPS) is 18.4.